The molecule has 0 bridgehead atoms. The van der Waals surface area contributed by atoms with Gasteiger partial charge < -0.3 is 0 Å². The summed E-state index contributed by atoms with van der Waals surface area (Å²) in [6.45, 7) is 0. The summed E-state index contributed by atoms with van der Waals surface area (Å²) >= 11 is 0. The number of nitrogens with zero attached hydrogens (tertiary/aromatic N) is 3. The molecule has 0 radical (unpaired) electrons. The molecule has 3 nitrogen and oxygen atoms in total. The average Bonchev–Trinajstić information content (AvgIpc) is 2.78. The number of benzene rings is 1. The molecule has 0 saturated heterocycles. The van der Waals surface area contributed by atoms with Gasteiger partial charge in [-0.05, 0) is 17.7 Å². The highest BCUT2D eigenvalue weighted by Gasteiger charge is 2.04. The molecule has 3 aromatic rings. The Morgan fingerprint density at radius 2 is 1.80 bits per heavy atom. The minimum atomic E-state index is 0.892. The molecular formula is C12H9N3. The van der Waals surface area contributed by atoms with Gasteiger partial charge >= 0.3 is 0 Å². The Balaban J connectivity index is 2.31. The Kier molecular flexibility index (Phi) is 1.75. The van der Waals surface area contributed by atoms with E-state index >= 15 is 0 Å². The molecule has 0 aliphatic rings. The van der Waals surface area contributed by atoms with E-state index in [2.05, 4.69) is 28.4 Å². The second-order valence-corrected chi connectivity index (χ2v) is 3.35. The topological polar surface area (TPSA) is 30.2 Å². The SMILES string of the molecule is c1ccc(-c2cccn3cnnc23)cc1. The van der Waals surface area contributed by atoms with Gasteiger partial charge in [0.2, 0.25) is 0 Å². The summed E-state index contributed by atoms with van der Waals surface area (Å²) < 4.78 is 1.92. The lowest BCUT2D eigenvalue weighted by molar-refractivity contribution is 1.10. The molecule has 0 saturated carbocycles. The van der Waals surface area contributed by atoms with Crippen LogP contribution in [-0.4, -0.2) is 14.6 Å². The van der Waals surface area contributed by atoms with Crippen molar-refractivity contribution >= 4 is 5.65 Å². The molecule has 2 aromatic heterocycles. The molecule has 0 aliphatic heterocycles. The number of fused-ring (bicyclic) bond motifs is 1. The molecule has 0 N–H and O–H groups in total. The van der Waals surface area contributed by atoms with Crippen LogP contribution in [0.1, 0.15) is 0 Å². The van der Waals surface area contributed by atoms with Crippen molar-refractivity contribution in [3.8, 4) is 11.1 Å². The molecule has 0 amide bonds. The maximum atomic E-state index is 4.11. The Hall–Kier alpha value is -2.16. The third-order valence-corrected chi connectivity index (χ3v) is 2.41. The van der Waals surface area contributed by atoms with Crippen molar-refractivity contribution in [3.63, 3.8) is 0 Å². The lowest BCUT2D eigenvalue weighted by Gasteiger charge is -2.01. The van der Waals surface area contributed by atoms with Gasteiger partial charge in [0.1, 0.15) is 6.33 Å². The van der Waals surface area contributed by atoms with Crippen LogP contribution < -0.4 is 0 Å². The van der Waals surface area contributed by atoms with Crippen molar-refractivity contribution in [2.75, 3.05) is 0 Å². The molecule has 2 heterocycles. The number of hydrogen-bond donors (Lipinski definition) is 0. The lowest BCUT2D eigenvalue weighted by Crippen LogP contribution is -1.86. The van der Waals surface area contributed by atoms with Gasteiger partial charge in [0.25, 0.3) is 0 Å². The molecule has 0 aliphatic carbocycles. The molecule has 0 spiro atoms. The van der Waals surface area contributed by atoms with Crippen LogP contribution in [0.25, 0.3) is 16.8 Å². The van der Waals surface area contributed by atoms with Gasteiger partial charge in [0.05, 0.1) is 0 Å². The fourth-order valence-electron chi connectivity index (χ4n) is 1.69. The van der Waals surface area contributed by atoms with Crippen LogP contribution in [-0.2, 0) is 0 Å². The summed E-state index contributed by atoms with van der Waals surface area (Å²) in [6.07, 6.45) is 3.66. The van der Waals surface area contributed by atoms with Gasteiger partial charge in [-0.1, -0.05) is 30.3 Å². The van der Waals surface area contributed by atoms with Crippen LogP contribution in [0.3, 0.4) is 0 Å². The van der Waals surface area contributed by atoms with E-state index in [-0.39, 0.29) is 0 Å². The Morgan fingerprint density at radius 1 is 0.933 bits per heavy atom. The van der Waals surface area contributed by atoms with Crippen molar-refractivity contribution in [1.82, 2.24) is 14.6 Å². The lowest BCUT2D eigenvalue weighted by atomic mass is 10.1. The van der Waals surface area contributed by atoms with Crippen LogP contribution in [0.5, 0.6) is 0 Å². The maximum Gasteiger partial charge on any atom is 0.168 e. The van der Waals surface area contributed by atoms with Crippen molar-refractivity contribution in [2.45, 2.75) is 0 Å². The smallest absolute Gasteiger partial charge is 0.168 e. The zero-order valence-corrected chi connectivity index (χ0v) is 8.04. The van der Waals surface area contributed by atoms with Gasteiger partial charge in [-0.15, -0.1) is 10.2 Å². The number of pyridine rings is 1. The first-order valence-corrected chi connectivity index (χ1v) is 4.79. The van der Waals surface area contributed by atoms with E-state index in [9.17, 15) is 0 Å². The van der Waals surface area contributed by atoms with Crippen molar-refractivity contribution < 1.29 is 0 Å². The highest BCUT2D eigenvalue weighted by atomic mass is 15.2. The monoisotopic (exact) mass is 195 g/mol. The van der Waals surface area contributed by atoms with Crippen molar-refractivity contribution in [2.24, 2.45) is 0 Å². The fraction of sp³-hybridized carbons (Fsp3) is 0. The normalized spacial score (nSPS) is 10.7. The first-order valence-electron chi connectivity index (χ1n) is 4.79. The number of hydrogen-bond acceptors (Lipinski definition) is 2. The van der Waals surface area contributed by atoms with Crippen LogP contribution in [0.4, 0.5) is 0 Å². The fourth-order valence-corrected chi connectivity index (χ4v) is 1.69. The first kappa shape index (κ1) is 8.17. The molecule has 72 valence electrons. The predicted octanol–water partition coefficient (Wildman–Crippen LogP) is 2.40. The van der Waals surface area contributed by atoms with Gasteiger partial charge in [-0.2, -0.15) is 0 Å². The minimum Gasteiger partial charge on any atom is -0.289 e. The van der Waals surface area contributed by atoms with Crippen LogP contribution in [0, 0.1) is 0 Å². The van der Waals surface area contributed by atoms with E-state index in [0.29, 0.717) is 0 Å². The predicted molar refractivity (Wildman–Crippen MR) is 58.4 cm³/mol. The molecule has 0 fully saturated rings. The molecule has 0 unspecified atom stereocenters. The summed E-state index contributed by atoms with van der Waals surface area (Å²) in [7, 11) is 0. The van der Waals surface area contributed by atoms with Crippen molar-refractivity contribution in [1.29, 1.82) is 0 Å². The Morgan fingerprint density at radius 3 is 2.67 bits per heavy atom. The van der Waals surface area contributed by atoms with E-state index in [1.54, 1.807) is 6.33 Å². The summed E-state index contributed by atoms with van der Waals surface area (Å²) in [5.41, 5.74) is 3.16. The zero-order valence-electron chi connectivity index (χ0n) is 8.04. The summed E-state index contributed by atoms with van der Waals surface area (Å²) in [5.74, 6) is 0. The van der Waals surface area contributed by atoms with Gasteiger partial charge in [0.15, 0.2) is 5.65 Å². The second-order valence-electron chi connectivity index (χ2n) is 3.35. The average molecular weight is 195 g/mol. The standard InChI is InChI=1S/C12H9N3/c1-2-5-10(6-3-1)11-7-4-8-15-9-13-14-12(11)15/h1-9H. The summed E-state index contributed by atoms with van der Waals surface area (Å²) in [4.78, 5) is 0. The maximum absolute atomic E-state index is 4.11. The van der Waals surface area contributed by atoms with Crippen LogP contribution in [0.15, 0.2) is 55.0 Å². The third kappa shape index (κ3) is 1.29. The minimum absolute atomic E-state index is 0.892. The molecule has 15 heavy (non-hydrogen) atoms. The van der Waals surface area contributed by atoms with E-state index < -0.39 is 0 Å². The highest BCUT2D eigenvalue weighted by Crippen LogP contribution is 2.22. The second kappa shape index (κ2) is 3.20. The Labute approximate surface area is 87.0 Å². The van der Waals surface area contributed by atoms with E-state index in [1.807, 2.05) is 34.9 Å². The van der Waals surface area contributed by atoms with E-state index in [0.717, 1.165) is 16.8 Å². The molecule has 3 rings (SSSR count). The Bertz CT molecular complexity index is 584. The number of aromatic nitrogens is 3. The van der Waals surface area contributed by atoms with Gasteiger partial charge in [-0.25, -0.2) is 0 Å². The quantitative estimate of drug-likeness (QED) is 0.596. The van der Waals surface area contributed by atoms with Gasteiger partial charge in [0, 0.05) is 11.8 Å². The largest absolute Gasteiger partial charge is 0.289 e. The molecule has 1 aromatic carbocycles. The zero-order chi connectivity index (χ0) is 10.1. The molecule has 3 heteroatoms. The number of rotatable bonds is 1. The molecular weight excluding hydrogens is 186 g/mol. The van der Waals surface area contributed by atoms with Crippen LogP contribution >= 0.6 is 0 Å². The third-order valence-electron chi connectivity index (χ3n) is 2.41. The van der Waals surface area contributed by atoms with E-state index in [1.165, 1.54) is 0 Å². The van der Waals surface area contributed by atoms with E-state index in [4.69, 9.17) is 0 Å². The summed E-state index contributed by atoms with van der Waals surface area (Å²) in [5, 5.41) is 8.01. The summed E-state index contributed by atoms with van der Waals surface area (Å²) in [6, 6.07) is 14.3. The first-order chi connectivity index (χ1) is 7.45. The molecule has 0 atom stereocenters. The van der Waals surface area contributed by atoms with Gasteiger partial charge in [-0.3, -0.25) is 4.40 Å². The van der Waals surface area contributed by atoms with Crippen LogP contribution in [0.2, 0.25) is 0 Å². The van der Waals surface area contributed by atoms with Crippen molar-refractivity contribution in [3.05, 3.63) is 55.0 Å². The highest BCUT2D eigenvalue weighted by molar-refractivity contribution is 5.76.